The number of pyridine rings is 1. The van der Waals surface area contributed by atoms with Gasteiger partial charge in [0.15, 0.2) is 0 Å². The number of methoxy groups -OCH3 is 1. The summed E-state index contributed by atoms with van der Waals surface area (Å²) in [5, 5.41) is 1.14. The predicted octanol–water partition coefficient (Wildman–Crippen LogP) is 3.98. The second kappa shape index (κ2) is 5.67. The molecule has 0 N–H and O–H groups in total. The molecule has 2 rings (SSSR count). The average Bonchev–Trinajstić information content (AvgIpc) is 2.38. The van der Waals surface area contributed by atoms with Crippen LogP contribution in [0.5, 0.6) is 5.75 Å². The number of hydrogen-bond acceptors (Lipinski definition) is 2. The highest BCUT2D eigenvalue weighted by atomic mass is 16.5. The molecule has 2 heteroatoms. The number of hydrogen-bond donors (Lipinski definition) is 0. The van der Waals surface area contributed by atoms with Crippen LogP contribution in [0.4, 0.5) is 0 Å². The van der Waals surface area contributed by atoms with Crippen LogP contribution in [0.3, 0.4) is 0 Å². The fraction of sp³-hybridized carbons (Fsp3) is 0.400. The third-order valence-electron chi connectivity index (χ3n) is 2.99. The molecule has 0 radical (unpaired) electrons. The van der Waals surface area contributed by atoms with Crippen LogP contribution in [-0.4, -0.2) is 12.1 Å². The molecule has 2 aromatic rings. The van der Waals surface area contributed by atoms with E-state index in [4.69, 9.17) is 4.74 Å². The number of benzene rings is 1. The van der Waals surface area contributed by atoms with Gasteiger partial charge in [-0.1, -0.05) is 25.8 Å². The van der Waals surface area contributed by atoms with Gasteiger partial charge >= 0.3 is 0 Å². The van der Waals surface area contributed by atoms with Crippen molar-refractivity contribution in [3.05, 3.63) is 36.0 Å². The normalized spacial score (nSPS) is 10.7. The van der Waals surface area contributed by atoms with Gasteiger partial charge in [0.25, 0.3) is 0 Å². The Morgan fingerprint density at radius 3 is 2.76 bits per heavy atom. The van der Waals surface area contributed by atoms with Gasteiger partial charge in [0, 0.05) is 11.1 Å². The van der Waals surface area contributed by atoms with Crippen molar-refractivity contribution < 1.29 is 4.74 Å². The zero-order chi connectivity index (χ0) is 12.1. The van der Waals surface area contributed by atoms with Crippen molar-refractivity contribution in [2.45, 2.75) is 32.6 Å². The van der Waals surface area contributed by atoms with Crippen LogP contribution >= 0.6 is 0 Å². The van der Waals surface area contributed by atoms with E-state index in [1.54, 1.807) is 7.11 Å². The molecule has 1 aromatic heterocycles. The fourth-order valence-corrected chi connectivity index (χ4v) is 1.97. The monoisotopic (exact) mass is 229 g/mol. The molecular formula is C15H19NO. The SMILES string of the molecule is CCCCCc1ccc2cc(OC)ccc2n1. The second-order valence-electron chi connectivity index (χ2n) is 4.32. The lowest BCUT2D eigenvalue weighted by molar-refractivity contribution is 0.415. The molecule has 90 valence electrons. The molecule has 17 heavy (non-hydrogen) atoms. The summed E-state index contributed by atoms with van der Waals surface area (Å²) in [6, 6.07) is 10.3. The Morgan fingerprint density at radius 2 is 2.00 bits per heavy atom. The molecular weight excluding hydrogens is 210 g/mol. The summed E-state index contributed by atoms with van der Waals surface area (Å²) in [5.74, 6) is 0.887. The summed E-state index contributed by atoms with van der Waals surface area (Å²) in [4.78, 5) is 4.67. The molecule has 0 bridgehead atoms. The third kappa shape index (κ3) is 2.96. The van der Waals surface area contributed by atoms with Crippen LogP contribution in [0, 0.1) is 0 Å². The molecule has 0 aliphatic carbocycles. The van der Waals surface area contributed by atoms with E-state index in [1.165, 1.54) is 25.0 Å². The van der Waals surface area contributed by atoms with E-state index in [9.17, 15) is 0 Å². The minimum Gasteiger partial charge on any atom is -0.497 e. The lowest BCUT2D eigenvalue weighted by Crippen LogP contribution is -1.91. The summed E-state index contributed by atoms with van der Waals surface area (Å²) >= 11 is 0. The standard InChI is InChI=1S/C15H19NO/c1-3-4-5-6-13-8-7-12-11-14(17-2)9-10-15(12)16-13/h7-11H,3-6H2,1-2H3. The van der Waals surface area contributed by atoms with E-state index in [2.05, 4.69) is 24.0 Å². The number of aryl methyl sites for hydroxylation is 1. The van der Waals surface area contributed by atoms with Gasteiger partial charge in [-0.15, -0.1) is 0 Å². The second-order valence-corrected chi connectivity index (χ2v) is 4.32. The Kier molecular flexibility index (Phi) is 3.97. The summed E-state index contributed by atoms with van der Waals surface area (Å²) in [6.07, 6.45) is 4.84. The van der Waals surface area contributed by atoms with Crippen molar-refractivity contribution in [2.24, 2.45) is 0 Å². The van der Waals surface area contributed by atoms with Crippen molar-refractivity contribution in [3.63, 3.8) is 0 Å². The van der Waals surface area contributed by atoms with Gasteiger partial charge in [0.1, 0.15) is 5.75 Å². The van der Waals surface area contributed by atoms with E-state index in [0.717, 1.165) is 23.1 Å². The van der Waals surface area contributed by atoms with Gasteiger partial charge in [-0.05, 0) is 37.1 Å². The quantitative estimate of drug-likeness (QED) is 0.723. The Labute approximate surface area is 103 Å². The molecule has 0 atom stereocenters. The first-order valence-electron chi connectivity index (χ1n) is 6.27. The molecule has 1 aromatic carbocycles. The molecule has 0 spiro atoms. The van der Waals surface area contributed by atoms with Crippen LogP contribution in [0.2, 0.25) is 0 Å². The Hall–Kier alpha value is -1.57. The number of aromatic nitrogens is 1. The van der Waals surface area contributed by atoms with Gasteiger partial charge in [0.2, 0.25) is 0 Å². The average molecular weight is 229 g/mol. The lowest BCUT2D eigenvalue weighted by atomic mass is 10.1. The van der Waals surface area contributed by atoms with Crippen LogP contribution in [0.15, 0.2) is 30.3 Å². The maximum absolute atomic E-state index is 5.20. The molecule has 1 heterocycles. The molecule has 0 aliphatic rings. The fourth-order valence-electron chi connectivity index (χ4n) is 1.97. The van der Waals surface area contributed by atoms with Crippen molar-refractivity contribution >= 4 is 10.9 Å². The highest BCUT2D eigenvalue weighted by molar-refractivity contribution is 5.80. The van der Waals surface area contributed by atoms with E-state index in [0.29, 0.717) is 0 Å². The molecule has 0 saturated heterocycles. The summed E-state index contributed by atoms with van der Waals surface area (Å²) in [6.45, 7) is 2.22. The van der Waals surface area contributed by atoms with E-state index in [1.807, 2.05) is 18.2 Å². The zero-order valence-electron chi connectivity index (χ0n) is 10.6. The van der Waals surface area contributed by atoms with Crippen molar-refractivity contribution in [3.8, 4) is 5.75 Å². The van der Waals surface area contributed by atoms with Crippen LogP contribution in [0.25, 0.3) is 10.9 Å². The number of unbranched alkanes of at least 4 members (excludes halogenated alkanes) is 2. The van der Waals surface area contributed by atoms with Crippen LogP contribution in [-0.2, 0) is 6.42 Å². The molecule has 0 saturated carbocycles. The minimum atomic E-state index is 0.887. The maximum Gasteiger partial charge on any atom is 0.119 e. The van der Waals surface area contributed by atoms with Gasteiger partial charge in [-0.2, -0.15) is 0 Å². The molecule has 0 fully saturated rings. The lowest BCUT2D eigenvalue weighted by Gasteiger charge is -2.04. The maximum atomic E-state index is 5.20. The summed E-state index contributed by atoms with van der Waals surface area (Å²) in [7, 11) is 1.69. The number of ether oxygens (including phenoxy) is 1. The Morgan fingerprint density at radius 1 is 1.12 bits per heavy atom. The van der Waals surface area contributed by atoms with Gasteiger partial charge in [-0.3, -0.25) is 4.98 Å². The summed E-state index contributed by atoms with van der Waals surface area (Å²) < 4.78 is 5.20. The van der Waals surface area contributed by atoms with Crippen LogP contribution in [0.1, 0.15) is 31.9 Å². The minimum absolute atomic E-state index is 0.887. The largest absolute Gasteiger partial charge is 0.497 e. The van der Waals surface area contributed by atoms with Gasteiger partial charge < -0.3 is 4.74 Å². The first-order valence-corrected chi connectivity index (χ1v) is 6.27. The highest BCUT2D eigenvalue weighted by Gasteiger charge is 2.00. The van der Waals surface area contributed by atoms with Crippen molar-refractivity contribution in [2.75, 3.05) is 7.11 Å². The first kappa shape index (κ1) is 11.9. The van der Waals surface area contributed by atoms with Crippen LogP contribution < -0.4 is 4.74 Å². The number of fused-ring (bicyclic) bond motifs is 1. The van der Waals surface area contributed by atoms with Crippen molar-refractivity contribution in [1.29, 1.82) is 0 Å². The highest BCUT2D eigenvalue weighted by Crippen LogP contribution is 2.20. The number of rotatable bonds is 5. The Bertz CT molecular complexity index is 493. The number of nitrogens with zero attached hydrogens (tertiary/aromatic N) is 1. The zero-order valence-corrected chi connectivity index (χ0v) is 10.6. The van der Waals surface area contributed by atoms with Gasteiger partial charge in [-0.25, -0.2) is 0 Å². The smallest absolute Gasteiger partial charge is 0.119 e. The van der Waals surface area contributed by atoms with E-state index >= 15 is 0 Å². The van der Waals surface area contributed by atoms with E-state index < -0.39 is 0 Å². The summed E-state index contributed by atoms with van der Waals surface area (Å²) in [5.41, 5.74) is 2.25. The molecule has 0 aliphatic heterocycles. The van der Waals surface area contributed by atoms with E-state index in [-0.39, 0.29) is 0 Å². The Balaban J connectivity index is 2.19. The van der Waals surface area contributed by atoms with Crippen molar-refractivity contribution in [1.82, 2.24) is 4.98 Å². The molecule has 2 nitrogen and oxygen atoms in total. The van der Waals surface area contributed by atoms with Gasteiger partial charge in [0.05, 0.1) is 12.6 Å². The third-order valence-corrected chi connectivity index (χ3v) is 2.99. The molecule has 0 unspecified atom stereocenters. The topological polar surface area (TPSA) is 22.1 Å². The molecule has 0 amide bonds. The first-order chi connectivity index (χ1) is 8.33. The predicted molar refractivity (Wildman–Crippen MR) is 71.5 cm³/mol.